The van der Waals surface area contributed by atoms with Gasteiger partial charge in [0.2, 0.25) is 0 Å². The van der Waals surface area contributed by atoms with Gasteiger partial charge in [0.15, 0.2) is 0 Å². The molecule has 0 rings (SSSR count). The van der Waals surface area contributed by atoms with Crippen molar-refractivity contribution in [3.8, 4) is 0 Å². The summed E-state index contributed by atoms with van der Waals surface area (Å²) in [6, 6.07) is 0. The van der Waals surface area contributed by atoms with Crippen LogP contribution in [0.15, 0.2) is 12.2 Å². The van der Waals surface area contributed by atoms with Crippen LogP contribution in [0.5, 0.6) is 0 Å². The number of hydrogen-bond donors (Lipinski definition) is 2. The fraction of sp³-hybridized carbons (Fsp3) is 0. The van der Waals surface area contributed by atoms with Gasteiger partial charge in [-0.2, -0.15) is 0 Å². The van der Waals surface area contributed by atoms with Crippen LogP contribution in [0.25, 0.3) is 0 Å². The van der Waals surface area contributed by atoms with Crippen LogP contribution < -0.4 is 29.6 Å². The predicted octanol–water partition coefficient (Wildman–Crippen LogP) is -3.29. The molecule has 0 aromatic rings. The summed E-state index contributed by atoms with van der Waals surface area (Å²) in [4.78, 5) is 19.1. The molecule has 2 N–H and O–H groups in total. The molecule has 0 amide bonds. The van der Waals surface area contributed by atoms with Gasteiger partial charge in [-0.15, -0.1) is 0 Å². The number of rotatable bonds is 2. The third-order valence-corrected chi connectivity index (χ3v) is 0.368. The molecule has 0 heterocycles. The molecule has 0 atom stereocenters. The van der Waals surface area contributed by atoms with Crippen molar-refractivity contribution in [1.29, 1.82) is 0 Å². The van der Waals surface area contributed by atoms with Crippen LogP contribution in [0, 0.1) is 0 Å². The summed E-state index contributed by atoms with van der Waals surface area (Å²) in [6.07, 6.45) is 1.12. The molecule has 10 heavy (non-hydrogen) atoms. The molecule has 6 heteroatoms. The maximum Gasteiger partial charge on any atom is 2.00 e. The molecule has 0 aliphatic rings. The first-order valence-corrected chi connectivity index (χ1v) is 1.77. The zero-order valence-corrected chi connectivity index (χ0v) is 10.5. The molecular formula is C4H4NaO4Zn+3. The molecule has 0 aromatic carbocycles. The van der Waals surface area contributed by atoms with E-state index < -0.39 is 11.9 Å². The summed E-state index contributed by atoms with van der Waals surface area (Å²) in [5.41, 5.74) is 0. The number of aliphatic carboxylic acids is 2. The Kier molecular flexibility index (Phi) is 15.6. The van der Waals surface area contributed by atoms with Crippen LogP contribution in [0.4, 0.5) is 0 Å². The van der Waals surface area contributed by atoms with Crippen molar-refractivity contribution in [2.75, 3.05) is 0 Å². The second-order valence-corrected chi connectivity index (χ2v) is 1.01. The standard InChI is InChI=1S/C4H4O4.Na.Zn/c5-3(6)1-2-4(7)8;;/h1-2H,(H,5,6)(H,7,8);;/q;+1;+2/b2-1-;;. The van der Waals surface area contributed by atoms with Crippen molar-refractivity contribution in [3.63, 3.8) is 0 Å². The summed E-state index contributed by atoms with van der Waals surface area (Å²) in [5, 5.41) is 15.6. The Morgan fingerprint density at radius 2 is 1.20 bits per heavy atom. The van der Waals surface area contributed by atoms with E-state index >= 15 is 0 Å². The molecule has 0 aliphatic heterocycles. The van der Waals surface area contributed by atoms with Crippen molar-refractivity contribution in [1.82, 2.24) is 0 Å². The number of carbonyl (C=O) groups is 2. The first kappa shape index (κ1) is 16.7. The van der Waals surface area contributed by atoms with Gasteiger partial charge < -0.3 is 10.2 Å². The summed E-state index contributed by atoms with van der Waals surface area (Å²) in [6.45, 7) is 0. The first-order chi connectivity index (χ1) is 3.63. The minimum Gasteiger partial charge on any atom is -0.478 e. The molecule has 44 valence electrons. The van der Waals surface area contributed by atoms with Crippen molar-refractivity contribution in [2.24, 2.45) is 0 Å². The van der Waals surface area contributed by atoms with Gasteiger partial charge in [-0.25, -0.2) is 9.59 Å². The van der Waals surface area contributed by atoms with Gasteiger partial charge in [0.05, 0.1) is 0 Å². The van der Waals surface area contributed by atoms with Crippen LogP contribution in [0.3, 0.4) is 0 Å². The van der Waals surface area contributed by atoms with Crippen LogP contribution in [-0.2, 0) is 29.1 Å². The molecule has 0 unspecified atom stereocenters. The summed E-state index contributed by atoms with van der Waals surface area (Å²) >= 11 is 0. The van der Waals surface area contributed by atoms with Crippen LogP contribution in [-0.4, -0.2) is 22.2 Å². The fourth-order valence-electron chi connectivity index (χ4n) is 0.143. The maximum atomic E-state index is 9.55. The van der Waals surface area contributed by atoms with E-state index in [-0.39, 0.29) is 49.0 Å². The second-order valence-electron chi connectivity index (χ2n) is 1.01. The van der Waals surface area contributed by atoms with Crippen molar-refractivity contribution < 1.29 is 68.8 Å². The average Bonchev–Trinajstić information content (AvgIpc) is 1.61. The molecule has 4 nitrogen and oxygen atoms in total. The minimum absolute atomic E-state index is 0. The largest absolute Gasteiger partial charge is 2.00 e. The Morgan fingerprint density at radius 3 is 1.30 bits per heavy atom. The number of carboxylic acid groups (broad SMARTS) is 2. The maximum absolute atomic E-state index is 9.55. The topological polar surface area (TPSA) is 74.6 Å². The molecule has 0 bridgehead atoms. The normalized spacial score (nSPS) is 7.60. The SMILES string of the molecule is O=C(O)/C=C\C(=O)O.[Na+].[Zn+2]. The zero-order valence-electron chi connectivity index (χ0n) is 5.57. The Hall–Kier alpha value is 0.303. The van der Waals surface area contributed by atoms with Crippen molar-refractivity contribution >= 4 is 11.9 Å². The van der Waals surface area contributed by atoms with Gasteiger partial charge in [-0.05, 0) is 0 Å². The molecule has 0 radical (unpaired) electrons. The van der Waals surface area contributed by atoms with E-state index in [2.05, 4.69) is 0 Å². The van der Waals surface area contributed by atoms with E-state index in [9.17, 15) is 9.59 Å². The molecule has 0 saturated carbocycles. The number of hydrogen-bond acceptors (Lipinski definition) is 2. The average molecular weight is 204 g/mol. The van der Waals surface area contributed by atoms with Crippen molar-refractivity contribution in [3.05, 3.63) is 12.2 Å². The quantitative estimate of drug-likeness (QED) is 0.365. The summed E-state index contributed by atoms with van der Waals surface area (Å²) in [7, 11) is 0. The monoisotopic (exact) mass is 203 g/mol. The Balaban J connectivity index is -0.000000245. The Morgan fingerprint density at radius 1 is 1.00 bits per heavy atom. The van der Waals surface area contributed by atoms with E-state index in [4.69, 9.17) is 10.2 Å². The van der Waals surface area contributed by atoms with E-state index in [1.54, 1.807) is 0 Å². The molecule has 0 aromatic heterocycles. The van der Waals surface area contributed by atoms with Crippen molar-refractivity contribution in [2.45, 2.75) is 0 Å². The minimum atomic E-state index is -1.26. The van der Waals surface area contributed by atoms with Gasteiger partial charge in [-0.1, -0.05) is 0 Å². The molecular weight excluding hydrogens is 200 g/mol. The molecule has 0 saturated heterocycles. The number of carboxylic acids is 2. The van der Waals surface area contributed by atoms with E-state index in [1.807, 2.05) is 0 Å². The second kappa shape index (κ2) is 9.30. The Labute approximate surface area is 92.4 Å². The fourth-order valence-corrected chi connectivity index (χ4v) is 0.143. The van der Waals surface area contributed by atoms with Gasteiger partial charge >= 0.3 is 61.0 Å². The zero-order chi connectivity index (χ0) is 6.57. The van der Waals surface area contributed by atoms with Gasteiger partial charge in [-0.3, -0.25) is 0 Å². The van der Waals surface area contributed by atoms with Gasteiger partial charge in [0.1, 0.15) is 0 Å². The predicted molar refractivity (Wildman–Crippen MR) is 24.4 cm³/mol. The van der Waals surface area contributed by atoms with Crippen LogP contribution >= 0.6 is 0 Å². The van der Waals surface area contributed by atoms with E-state index in [0.717, 1.165) is 0 Å². The van der Waals surface area contributed by atoms with Gasteiger partial charge in [0.25, 0.3) is 0 Å². The smallest absolute Gasteiger partial charge is 0.478 e. The van der Waals surface area contributed by atoms with E-state index in [1.165, 1.54) is 0 Å². The molecule has 0 fully saturated rings. The van der Waals surface area contributed by atoms with Crippen LogP contribution in [0.1, 0.15) is 0 Å². The van der Waals surface area contributed by atoms with E-state index in [0.29, 0.717) is 12.2 Å². The Bertz CT molecular complexity index is 128. The van der Waals surface area contributed by atoms with Crippen LogP contribution in [0.2, 0.25) is 0 Å². The third kappa shape index (κ3) is 15.7. The summed E-state index contributed by atoms with van der Waals surface area (Å²) in [5.74, 6) is -2.51. The molecule has 0 aliphatic carbocycles. The first-order valence-electron chi connectivity index (χ1n) is 1.77. The van der Waals surface area contributed by atoms with Gasteiger partial charge in [0, 0.05) is 12.2 Å². The summed E-state index contributed by atoms with van der Waals surface area (Å²) < 4.78 is 0. The third-order valence-electron chi connectivity index (χ3n) is 0.368. The molecule has 0 spiro atoms.